The third kappa shape index (κ3) is 14.7. The number of thiocarbonyl (C=S) groups is 2. The number of rotatable bonds is 4. The lowest BCUT2D eigenvalue weighted by atomic mass is 9.92. The maximum atomic E-state index is 5.86. The normalized spacial score (nSPS) is 13.5. The second-order valence-electron chi connectivity index (χ2n) is 12.6. The summed E-state index contributed by atoms with van der Waals surface area (Å²) in [5, 5.41) is 0. The summed E-state index contributed by atoms with van der Waals surface area (Å²) >= 11 is 13.3. The summed E-state index contributed by atoms with van der Waals surface area (Å²) in [7, 11) is 0. The molecule has 0 radical (unpaired) electrons. The lowest BCUT2D eigenvalue weighted by Crippen LogP contribution is -2.44. The predicted molar refractivity (Wildman–Crippen MR) is 134 cm³/mol. The molecule has 160 valence electrons. The molecule has 0 spiro atoms. The highest BCUT2D eigenvalue weighted by Gasteiger charge is 2.28. The van der Waals surface area contributed by atoms with Crippen molar-refractivity contribution in [1.82, 2.24) is 9.80 Å². The zero-order valence-electron chi connectivity index (χ0n) is 19.9. The van der Waals surface area contributed by atoms with Crippen LogP contribution in [0.3, 0.4) is 0 Å². The summed E-state index contributed by atoms with van der Waals surface area (Å²) in [5.41, 5.74) is 0.754. The molecule has 0 bridgehead atoms. The van der Waals surface area contributed by atoms with Crippen LogP contribution in [0.15, 0.2) is 0 Å². The molecule has 0 atom stereocenters. The lowest BCUT2D eigenvalue weighted by Gasteiger charge is -2.39. The molecule has 2 nitrogen and oxygen atoms in total. The van der Waals surface area contributed by atoms with Crippen LogP contribution in [0.4, 0.5) is 0 Å². The topological polar surface area (TPSA) is 6.48 Å². The van der Waals surface area contributed by atoms with Crippen molar-refractivity contribution < 1.29 is 0 Å². The first-order chi connectivity index (χ1) is 11.7. The lowest BCUT2D eigenvalue weighted by molar-refractivity contribution is 0.218. The molecule has 5 heteroatoms. The molecule has 0 aromatic carbocycles. The smallest absolute Gasteiger partial charge is 0.143 e. The summed E-state index contributed by atoms with van der Waals surface area (Å²) in [4.78, 5) is 4.69. The molecule has 0 amide bonds. The molecule has 0 unspecified atom stereocenters. The first kappa shape index (κ1) is 27.1. The van der Waals surface area contributed by atoms with E-state index in [1.54, 1.807) is 11.8 Å². The second kappa shape index (κ2) is 9.75. The van der Waals surface area contributed by atoms with Gasteiger partial charge in [-0.25, -0.2) is 0 Å². The molecular weight excluding hydrogens is 388 g/mol. The van der Waals surface area contributed by atoms with Crippen molar-refractivity contribution in [3.63, 3.8) is 0 Å². The highest BCUT2D eigenvalue weighted by molar-refractivity contribution is 8.37. The van der Waals surface area contributed by atoms with E-state index in [9.17, 15) is 0 Å². The minimum absolute atomic E-state index is 0.188. The maximum absolute atomic E-state index is 5.86. The number of hydrogen-bond acceptors (Lipinski definition) is 3. The number of nitrogens with zero attached hydrogens (tertiary/aromatic N) is 2. The summed E-state index contributed by atoms with van der Waals surface area (Å²) in [6.45, 7) is 30.9. The summed E-state index contributed by atoms with van der Waals surface area (Å²) < 4.78 is 1.80. The minimum Gasteiger partial charge on any atom is -0.356 e. The fourth-order valence-electron chi connectivity index (χ4n) is 2.86. The van der Waals surface area contributed by atoms with E-state index in [1.807, 2.05) is 0 Å². The Bertz CT molecular complexity index is 422. The Morgan fingerprint density at radius 2 is 0.704 bits per heavy atom. The van der Waals surface area contributed by atoms with Gasteiger partial charge in [0.2, 0.25) is 0 Å². The van der Waals surface area contributed by atoms with Crippen LogP contribution in [0.25, 0.3) is 0 Å². The zero-order chi connectivity index (χ0) is 21.8. The second-order valence-corrected chi connectivity index (χ2v) is 14.9. The van der Waals surface area contributed by atoms with E-state index in [0.29, 0.717) is 0 Å². The van der Waals surface area contributed by atoms with E-state index in [2.05, 4.69) is 92.9 Å². The third-order valence-electron chi connectivity index (χ3n) is 3.35. The number of thioether (sulfide) groups is 1. The maximum Gasteiger partial charge on any atom is 0.143 e. The van der Waals surface area contributed by atoms with Crippen molar-refractivity contribution in [1.29, 1.82) is 0 Å². The molecular formula is C22H44N2S3. The van der Waals surface area contributed by atoms with Gasteiger partial charge in [-0.05, 0) is 33.4 Å². The Balaban J connectivity index is 5.36. The zero-order valence-corrected chi connectivity index (χ0v) is 22.4. The molecule has 0 heterocycles. The quantitative estimate of drug-likeness (QED) is 0.437. The molecule has 0 aliphatic rings. The highest BCUT2D eigenvalue weighted by atomic mass is 32.2. The van der Waals surface area contributed by atoms with E-state index in [0.717, 1.165) is 34.8 Å². The molecule has 0 aliphatic heterocycles. The van der Waals surface area contributed by atoms with Gasteiger partial charge in [-0.1, -0.05) is 108 Å². The van der Waals surface area contributed by atoms with Crippen molar-refractivity contribution in [2.45, 2.75) is 83.1 Å². The first-order valence-corrected chi connectivity index (χ1v) is 11.6. The van der Waals surface area contributed by atoms with E-state index in [4.69, 9.17) is 24.4 Å². The third-order valence-corrected chi connectivity index (χ3v) is 5.23. The monoisotopic (exact) mass is 432 g/mol. The van der Waals surface area contributed by atoms with Crippen LogP contribution in [0.2, 0.25) is 0 Å². The van der Waals surface area contributed by atoms with Crippen LogP contribution in [0.1, 0.15) is 83.1 Å². The van der Waals surface area contributed by atoms with Gasteiger partial charge in [-0.3, -0.25) is 0 Å². The first-order valence-electron chi connectivity index (χ1n) is 9.94. The van der Waals surface area contributed by atoms with E-state index in [-0.39, 0.29) is 21.7 Å². The Hall–Kier alpha value is 0.130. The van der Waals surface area contributed by atoms with Crippen LogP contribution in [-0.4, -0.2) is 44.6 Å². The molecule has 0 aromatic rings. The fraction of sp³-hybridized carbons (Fsp3) is 0.909. The van der Waals surface area contributed by atoms with Crippen molar-refractivity contribution in [2.75, 3.05) is 26.2 Å². The summed E-state index contributed by atoms with van der Waals surface area (Å²) in [5.74, 6) is 0. The fourth-order valence-corrected chi connectivity index (χ4v) is 4.42. The van der Waals surface area contributed by atoms with Crippen LogP contribution in [0, 0.1) is 21.7 Å². The van der Waals surface area contributed by atoms with Gasteiger partial charge in [0.15, 0.2) is 0 Å². The van der Waals surface area contributed by atoms with Crippen molar-refractivity contribution in [2.24, 2.45) is 21.7 Å². The van der Waals surface area contributed by atoms with Gasteiger partial charge in [0, 0.05) is 26.2 Å². The van der Waals surface area contributed by atoms with E-state index < -0.39 is 0 Å². The molecule has 0 N–H and O–H groups in total. The predicted octanol–water partition coefficient (Wildman–Crippen LogP) is 7.08. The van der Waals surface area contributed by atoms with Crippen LogP contribution in [0.5, 0.6) is 0 Å². The van der Waals surface area contributed by atoms with Crippen LogP contribution in [-0.2, 0) is 0 Å². The van der Waals surface area contributed by atoms with Crippen molar-refractivity contribution >= 4 is 44.8 Å². The molecule has 0 fully saturated rings. The average Bonchev–Trinajstić information content (AvgIpc) is 2.29. The van der Waals surface area contributed by atoms with Gasteiger partial charge < -0.3 is 9.80 Å². The van der Waals surface area contributed by atoms with Crippen molar-refractivity contribution in [3.05, 3.63) is 0 Å². The van der Waals surface area contributed by atoms with Gasteiger partial charge in [-0.2, -0.15) is 0 Å². The Morgan fingerprint density at radius 1 is 0.519 bits per heavy atom. The Labute approximate surface area is 185 Å². The Morgan fingerprint density at radius 3 is 0.852 bits per heavy atom. The molecule has 0 rings (SSSR count). The highest BCUT2D eigenvalue weighted by Crippen LogP contribution is 2.28. The van der Waals surface area contributed by atoms with Gasteiger partial charge >= 0.3 is 0 Å². The van der Waals surface area contributed by atoms with Crippen molar-refractivity contribution in [3.8, 4) is 0 Å². The van der Waals surface area contributed by atoms with E-state index in [1.165, 1.54) is 0 Å². The largest absolute Gasteiger partial charge is 0.356 e. The minimum atomic E-state index is 0.188. The van der Waals surface area contributed by atoms with Crippen LogP contribution >= 0.6 is 36.2 Å². The standard InChI is InChI=1S/C22H44N2S3/c1-19(2,3)13-23(14-20(4,5)6)17(25)27-18(26)24(15-21(7,8)9)16-22(10,11)12/h13-16H2,1-12H3. The van der Waals surface area contributed by atoms with Gasteiger partial charge in [0.05, 0.1) is 0 Å². The van der Waals surface area contributed by atoms with Crippen LogP contribution < -0.4 is 0 Å². The van der Waals surface area contributed by atoms with Gasteiger partial charge in [0.1, 0.15) is 8.64 Å². The summed E-state index contributed by atoms with van der Waals surface area (Å²) in [6.07, 6.45) is 0. The Kier molecular flexibility index (Phi) is 9.80. The molecule has 0 saturated carbocycles. The van der Waals surface area contributed by atoms with Gasteiger partial charge in [0.25, 0.3) is 0 Å². The van der Waals surface area contributed by atoms with Gasteiger partial charge in [-0.15, -0.1) is 0 Å². The molecule has 27 heavy (non-hydrogen) atoms. The molecule has 0 saturated heterocycles. The summed E-state index contributed by atoms with van der Waals surface area (Å²) in [6, 6.07) is 0. The average molecular weight is 433 g/mol. The molecule has 0 aliphatic carbocycles. The van der Waals surface area contributed by atoms with E-state index >= 15 is 0 Å². The molecule has 0 aromatic heterocycles. The SMILES string of the molecule is CC(C)(C)CN(CC(C)(C)C)C(=S)SC(=S)N(CC(C)(C)C)CC(C)(C)C. The number of hydrogen-bond donors (Lipinski definition) is 0.